The number of carboxylic acids is 2. The van der Waals surface area contributed by atoms with Crippen molar-refractivity contribution < 1.29 is 50.9 Å². The number of halogens is 6. The van der Waals surface area contributed by atoms with Crippen LogP contribution in [0, 0.1) is 6.92 Å². The first-order valence-corrected chi connectivity index (χ1v) is 15.6. The van der Waals surface area contributed by atoms with Gasteiger partial charge in [-0.15, -0.1) is 0 Å². The second kappa shape index (κ2) is 15.5. The molecule has 6 rings (SSSR count). The number of nitrogens with one attached hydrogen (secondary N) is 2. The zero-order valence-corrected chi connectivity index (χ0v) is 28.0. The van der Waals surface area contributed by atoms with E-state index in [1.54, 1.807) is 4.68 Å². The van der Waals surface area contributed by atoms with E-state index in [0.29, 0.717) is 29.5 Å². The lowest BCUT2D eigenvalue weighted by Crippen LogP contribution is -2.43. The number of hydrogen-bond donors (Lipinski definition) is 4. The zero-order valence-electron chi connectivity index (χ0n) is 28.0. The highest BCUT2D eigenvalue weighted by Crippen LogP contribution is 2.32. The van der Waals surface area contributed by atoms with Crippen LogP contribution in [0.25, 0.3) is 16.6 Å². The third kappa shape index (κ3) is 10.5. The molecular formula is C31H37F6N9O5. The first kappa shape index (κ1) is 38.8. The molecule has 4 N–H and O–H groups in total. The molecule has 3 aromatic heterocycles. The fourth-order valence-corrected chi connectivity index (χ4v) is 5.38. The first-order chi connectivity index (χ1) is 23.7. The van der Waals surface area contributed by atoms with Gasteiger partial charge in [-0.1, -0.05) is 0 Å². The quantitative estimate of drug-likeness (QED) is 0.201. The lowest BCUT2D eigenvalue weighted by Gasteiger charge is -2.34. The number of nitrogens with zero attached hydrogens (tertiary/aromatic N) is 7. The molecule has 278 valence electrons. The molecule has 0 atom stereocenters. The first-order valence-electron chi connectivity index (χ1n) is 15.6. The topological polar surface area (TPSA) is 170 Å². The molecule has 0 radical (unpaired) electrons. The molecular weight excluding hydrogens is 692 g/mol. The fourth-order valence-electron chi connectivity index (χ4n) is 5.38. The van der Waals surface area contributed by atoms with Gasteiger partial charge in [-0.3, -0.25) is 14.5 Å². The molecule has 4 heterocycles. The number of aliphatic carboxylic acids is 2. The molecule has 20 heteroatoms. The number of alkyl halides is 6. The van der Waals surface area contributed by atoms with E-state index >= 15 is 0 Å². The Balaban J connectivity index is 0.000000353. The van der Waals surface area contributed by atoms with Crippen molar-refractivity contribution in [3.63, 3.8) is 0 Å². The van der Waals surface area contributed by atoms with Gasteiger partial charge in [0, 0.05) is 62.2 Å². The summed E-state index contributed by atoms with van der Waals surface area (Å²) in [5, 5.41) is 26.7. The van der Waals surface area contributed by atoms with Crippen LogP contribution in [-0.2, 0) is 23.2 Å². The predicted octanol–water partition coefficient (Wildman–Crippen LogP) is 4.23. The lowest BCUT2D eigenvalue weighted by atomic mass is 10.0. The van der Waals surface area contributed by atoms with E-state index in [2.05, 4.69) is 41.6 Å². The highest BCUT2D eigenvalue weighted by atomic mass is 19.4. The van der Waals surface area contributed by atoms with Crippen LogP contribution in [0.2, 0.25) is 0 Å². The van der Waals surface area contributed by atoms with Crippen LogP contribution in [-0.4, -0.2) is 109 Å². The number of anilines is 2. The van der Waals surface area contributed by atoms with E-state index in [1.807, 2.05) is 57.1 Å². The summed E-state index contributed by atoms with van der Waals surface area (Å²) in [6.45, 7) is 4.63. The Hall–Kier alpha value is -4.98. The van der Waals surface area contributed by atoms with Crippen LogP contribution in [0.4, 0.5) is 37.8 Å². The molecule has 2 aliphatic rings. The summed E-state index contributed by atoms with van der Waals surface area (Å²) in [5.74, 6) is -5.24. The summed E-state index contributed by atoms with van der Waals surface area (Å²) < 4.78 is 67.2. The van der Waals surface area contributed by atoms with Crippen LogP contribution in [0.5, 0.6) is 0 Å². The number of aromatic nitrogens is 5. The van der Waals surface area contributed by atoms with E-state index in [0.717, 1.165) is 60.1 Å². The second-order valence-corrected chi connectivity index (χ2v) is 12.4. The average molecular weight is 730 g/mol. The number of carboxylic acid groups (broad SMARTS) is 2. The van der Waals surface area contributed by atoms with Gasteiger partial charge in [0.15, 0.2) is 11.5 Å². The van der Waals surface area contributed by atoms with Gasteiger partial charge in [0.05, 0.1) is 23.1 Å². The molecule has 0 bridgehead atoms. The van der Waals surface area contributed by atoms with Crippen molar-refractivity contribution in [1.82, 2.24) is 34.4 Å². The summed E-state index contributed by atoms with van der Waals surface area (Å²) in [7, 11) is 5.91. The number of amides is 1. The summed E-state index contributed by atoms with van der Waals surface area (Å²) >= 11 is 0. The molecule has 0 unspecified atom stereocenters. The Morgan fingerprint density at radius 2 is 1.47 bits per heavy atom. The normalized spacial score (nSPS) is 15.3. The van der Waals surface area contributed by atoms with E-state index in [4.69, 9.17) is 19.8 Å². The Morgan fingerprint density at radius 1 is 0.902 bits per heavy atom. The Morgan fingerprint density at radius 3 is 2.00 bits per heavy atom. The van der Waals surface area contributed by atoms with Gasteiger partial charge in [-0.25, -0.2) is 14.6 Å². The summed E-state index contributed by atoms with van der Waals surface area (Å²) in [6, 6.07) is 5.32. The summed E-state index contributed by atoms with van der Waals surface area (Å²) in [6.07, 6.45) is 0.530. The molecule has 0 spiro atoms. The molecule has 1 aliphatic carbocycles. The highest BCUT2D eigenvalue weighted by molar-refractivity contribution is 6.13. The number of aryl methyl sites for hydroxylation is 2. The number of benzene rings is 1. The van der Waals surface area contributed by atoms with Crippen molar-refractivity contribution in [2.24, 2.45) is 7.05 Å². The SMILES string of the molecule is Cc1cn2cc(NC(=O)c3ccc(N4CCC(NC5CC5)CC4)c4cn(C)nc34)nc2c(CN(C)C)n1.O=C(O)C(F)(F)F.O=C(O)C(F)(F)F. The average Bonchev–Trinajstić information content (AvgIpc) is 3.60. The monoisotopic (exact) mass is 729 g/mol. The second-order valence-electron chi connectivity index (χ2n) is 12.4. The van der Waals surface area contributed by atoms with E-state index in [1.165, 1.54) is 12.8 Å². The van der Waals surface area contributed by atoms with Crippen molar-refractivity contribution in [3.05, 3.63) is 47.7 Å². The maximum atomic E-state index is 13.4. The number of piperidine rings is 1. The van der Waals surface area contributed by atoms with Crippen molar-refractivity contribution in [1.29, 1.82) is 0 Å². The Kier molecular flexibility index (Phi) is 11.8. The number of rotatable bonds is 7. The maximum Gasteiger partial charge on any atom is 0.490 e. The molecule has 1 aliphatic heterocycles. The maximum absolute atomic E-state index is 13.4. The molecule has 1 saturated heterocycles. The minimum atomic E-state index is -5.08. The van der Waals surface area contributed by atoms with Crippen LogP contribution in [0.15, 0.2) is 30.7 Å². The van der Waals surface area contributed by atoms with Gasteiger partial charge in [0.2, 0.25) is 0 Å². The van der Waals surface area contributed by atoms with Crippen molar-refractivity contribution in [3.8, 4) is 0 Å². The van der Waals surface area contributed by atoms with Crippen molar-refractivity contribution >= 4 is 45.9 Å². The summed E-state index contributed by atoms with van der Waals surface area (Å²) in [4.78, 5) is 45.0. The van der Waals surface area contributed by atoms with Crippen LogP contribution in [0.1, 0.15) is 47.4 Å². The van der Waals surface area contributed by atoms with Gasteiger partial charge in [0.25, 0.3) is 5.91 Å². The number of carbonyl (C=O) groups is 3. The Bertz CT molecular complexity index is 1850. The largest absolute Gasteiger partial charge is 0.490 e. The number of imidazole rings is 1. The lowest BCUT2D eigenvalue weighted by molar-refractivity contribution is -0.193. The number of carbonyl (C=O) groups excluding carboxylic acids is 1. The minimum Gasteiger partial charge on any atom is -0.475 e. The van der Waals surface area contributed by atoms with Gasteiger partial charge in [-0.05, 0) is 58.8 Å². The van der Waals surface area contributed by atoms with Gasteiger partial charge < -0.3 is 35.0 Å². The fraction of sp³-hybridized carbons (Fsp3) is 0.484. The van der Waals surface area contributed by atoms with E-state index < -0.39 is 24.3 Å². The molecule has 1 aromatic carbocycles. The van der Waals surface area contributed by atoms with Gasteiger partial charge in [-0.2, -0.15) is 31.4 Å². The molecule has 1 saturated carbocycles. The molecule has 2 fully saturated rings. The minimum absolute atomic E-state index is 0.218. The van der Waals surface area contributed by atoms with Crippen LogP contribution >= 0.6 is 0 Å². The third-order valence-electron chi connectivity index (χ3n) is 7.72. The highest BCUT2D eigenvalue weighted by Gasteiger charge is 2.39. The molecule has 1 amide bonds. The van der Waals surface area contributed by atoms with Gasteiger partial charge >= 0.3 is 24.3 Å². The molecule has 4 aromatic rings. The van der Waals surface area contributed by atoms with E-state index in [-0.39, 0.29) is 5.91 Å². The summed E-state index contributed by atoms with van der Waals surface area (Å²) in [5.41, 5.74) is 4.92. The Labute approximate surface area is 287 Å². The number of fused-ring (bicyclic) bond motifs is 2. The van der Waals surface area contributed by atoms with Crippen LogP contribution in [0.3, 0.4) is 0 Å². The standard InChI is InChI=1S/C27H35N9O.2C2HF3O2/c1-17-13-36-16-24(30-26(36)22(28-17)15-33(2)3)31-27(37)20-7-8-23(21-14-34(4)32-25(20)21)35-11-9-19(10-12-35)29-18-5-6-18;2*3-2(4,5)1(6)7/h7-8,13-14,16,18-19,29H,5-6,9-12,15H2,1-4H3,(H,31,37);2*(H,6,7). The molecule has 51 heavy (non-hydrogen) atoms. The van der Waals surface area contributed by atoms with Crippen molar-refractivity contribution in [2.45, 2.75) is 63.6 Å². The third-order valence-corrected chi connectivity index (χ3v) is 7.72. The smallest absolute Gasteiger partial charge is 0.475 e. The number of hydrogen-bond acceptors (Lipinski definition) is 9. The predicted molar refractivity (Wildman–Crippen MR) is 173 cm³/mol. The van der Waals surface area contributed by atoms with E-state index in [9.17, 15) is 31.1 Å². The zero-order chi connectivity index (χ0) is 37.8. The van der Waals surface area contributed by atoms with Crippen LogP contribution < -0.4 is 15.5 Å². The van der Waals surface area contributed by atoms with Gasteiger partial charge in [0.1, 0.15) is 5.52 Å². The molecule has 14 nitrogen and oxygen atoms in total. The van der Waals surface area contributed by atoms with Crippen molar-refractivity contribution in [2.75, 3.05) is 37.4 Å².